The highest BCUT2D eigenvalue weighted by Crippen LogP contribution is 2.37. The number of carbonyl (C=O) groups is 1. The van der Waals surface area contributed by atoms with E-state index in [2.05, 4.69) is 14.5 Å². The summed E-state index contributed by atoms with van der Waals surface area (Å²) in [7, 11) is 1.05. The maximum atomic E-state index is 12.9. The lowest BCUT2D eigenvalue weighted by atomic mass is 10.1. The molecule has 9 heteroatoms. The number of methoxy groups -OCH3 is 1. The van der Waals surface area contributed by atoms with Gasteiger partial charge in [-0.15, -0.1) is 13.2 Å². The van der Waals surface area contributed by atoms with Crippen LogP contribution in [-0.2, 0) is 17.9 Å². The highest BCUT2D eigenvalue weighted by Gasteiger charge is 2.34. The van der Waals surface area contributed by atoms with Crippen LogP contribution in [0.2, 0.25) is 0 Å². The summed E-state index contributed by atoms with van der Waals surface area (Å²) >= 11 is 0. The van der Waals surface area contributed by atoms with Crippen molar-refractivity contribution in [1.29, 1.82) is 0 Å². The van der Waals surface area contributed by atoms with Crippen molar-refractivity contribution in [2.24, 2.45) is 0 Å². The van der Waals surface area contributed by atoms with Gasteiger partial charge in [0.05, 0.1) is 31.0 Å². The molecule has 0 aliphatic heterocycles. The molecular weight excluding hydrogens is 274 g/mol. The van der Waals surface area contributed by atoms with Crippen LogP contribution in [0.5, 0.6) is 11.5 Å². The molecule has 0 aliphatic rings. The van der Waals surface area contributed by atoms with Crippen LogP contribution in [0.1, 0.15) is 11.3 Å². The summed E-state index contributed by atoms with van der Waals surface area (Å²) in [6.07, 6.45) is -4.94. The summed E-state index contributed by atoms with van der Waals surface area (Å²) in [6, 6.07) is 0. The molecule has 0 bridgehead atoms. The lowest BCUT2D eigenvalue weighted by molar-refractivity contribution is -0.275. The number of aliphatic carboxylic acids is 1. The van der Waals surface area contributed by atoms with Crippen molar-refractivity contribution in [2.75, 3.05) is 7.11 Å². The third kappa shape index (κ3) is 3.97. The number of halogens is 4. The van der Waals surface area contributed by atoms with Gasteiger partial charge in [0.15, 0.2) is 11.5 Å². The molecule has 1 aromatic heterocycles. The average molecular weight is 283 g/mol. The van der Waals surface area contributed by atoms with E-state index in [1.807, 2.05) is 0 Å². The second-order valence-corrected chi connectivity index (χ2v) is 3.33. The van der Waals surface area contributed by atoms with Gasteiger partial charge in [-0.3, -0.25) is 9.78 Å². The van der Waals surface area contributed by atoms with Crippen molar-refractivity contribution in [3.05, 3.63) is 17.5 Å². The van der Waals surface area contributed by atoms with Crippen LogP contribution >= 0.6 is 0 Å². The van der Waals surface area contributed by atoms with E-state index in [0.29, 0.717) is 0 Å². The minimum absolute atomic E-state index is 0.352. The van der Waals surface area contributed by atoms with Gasteiger partial charge in [-0.2, -0.15) is 0 Å². The Balaban J connectivity index is 3.32. The van der Waals surface area contributed by atoms with E-state index < -0.39 is 42.5 Å². The molecule has 106 valence electrons. The fourth-order valence-electron chi connectivity index (χ4n) is 1.36. The molecule has 0 amide bonds. The van der Waals surface area contributed by atoms with Crippen LogP contribution in [0, 0.1) is 0 Å². The van der Waals surface area contributed by atoms with Crippen molar-refractivity contribution >= 4 is 5.97 Å². The van der Waals surface area contributed by atoms with Crippen LogP contribution in [0.3, 0.4) is 0 Å². The fraction of sp³-hybridized carbons (Fsp3) is 0.400. The van der Waals surface area contributed by atoms with Gasteiger partial charge in [-0.1, -0.05) is 0 Å². The van der Waals surface area contributed by atoms with Gasteiger partial charge in [-0.05, 0) is 0 Å². The highest BCUT2D eigenvalue weighted by atomic mass is 19.4. The Kier molecular flexibility index (Phi) is 4.52. The van der Waals surface area contributed by atoms with Crippen molar-refractivity contribution in [1.82, 2.24) is 4.98 Å². The van der Waals surface area contributed by atoms with E-state index in [1.54, 1.807) is 0 Å². The van der Waals surface area contributed by atoms with Crippen LogP contribution in [0.25, 0.3) is 0 Å². The number of alkyl halides is 4. The molecule has 0 saturated carbocycles. The number of hydrogen-bond donors (Lipinski definition) is 1. The van der Waals surface area contributed by atoms with Crippen molar-refractivity contribution in [2.45, 2.75) is 19.5 Å². The van der Waals surface area contributed by atoms with E-state index in [1.165, 1.54) is 0 Å². The molecule has 0 radical (unpaired) electrons. The molecule has 1 rings (SSSR count). The predicted octanol–water partition coefficient (Wildman–Crippen LogP) is 2.09. The van der Waals surface area contributed by atoms with Gasteiger partial charge in [0.2, 0.25) is 0 Å². The Labute approximate surface area is 104 Å². The summed E-state index contributed by atoms with van der Waals surface area (Å²) in [5.41, 5.74) is -0.950. The molecule has 5 nitrogen and oxygen atoms in total. The molecule has 0 aliphatic carbocycles. The number of ether oxygens (including phenoxy) is 2. The molecule has 0 spiro atoms. The van der Waals surface area contributed by atoms with Gasteiger partial charge in [0.25, 0.3) is 0 Å². The quantitative estimate of drug-likeness (QED) is 0.838. The third-order valence-electron chi connectivity index (χ3n) is 2.07. The standard InChI is InChI=1S/C10H9F4NO4/c1-18-7-4-15-6(2-8(16)17)5(3-11)9(7)19-10(12,13)14/h4H,2-3H2,1H3,(H,16,17). The maximum Gasteiger partial charge on any atom is 0.573 e. The fourth-order valence-corrected chi connectivity index (χ4v) is 1.36. The summed E-state index contributed by atoms with van der Waals surface area (Å²) in [5, 5.41) is 8.58. The van der Waals surface area contributed by atoms with Gasteiger partial charge < -0.3 is 14.6 Å². The van der Waals surface area contributed by atoms with Crippen LogP contribution in [0.15, 0.2) is 6.20 Å². The van der Waals surface area contributed by atoms with E-state index >= 15 is 0 Å². The molecule has 0 saturated heterocycles. The van der Waals surface area contributed by atoms with Crippen molar-refractivity contribution in [3.63, 3.8) is 0 Å². The van der Waals surface area contributed by atoms with Crippen molar-refractivity contribution < 1.29 is 36.9 Å². The first kappa shape index (κ1) is 15.0. The summed E-state index contributed by atoms with van der Waals surface area (Å²) < 4.78 is 57.8. The lowest BCUT2D eigenvalue weighted by Gasteiger charge is -2.16. The van der Waals surface area contributed by atoms with E-state index in [0.717, 1.165) is 13.3 Å². The Morgan fingerprint density at radius 1 is 1.47 bits per heavy atom. The van der Waals surface area contributed by atoms with Crippen LogP contribution in [0.4, 0.5) is 17.6 Å². The Morgan fingerprint density at radius 2 is 2.11 bits per heavy atom. The highest BCUT2D eigenvalue weighted by molar-refractivity contribution is 5.70. The molecule has 1 aromatic rings. The number of pyridine rings is 1. The molecule has 0 aromatic carbocycles. The van der Waals surface area contributed by atoms with E-state index in [4.69, 9.17) is 5.11 Å². The number of aromatic nitrogens is 1. The number of rotatable bonds is 5. The molecule has 1 heterocycles. The van der Waals surface area contributed by atoms with Crippen molar-refractivity contribution in [3.8, 4) is 11.5 Å². The van der Waals surface area contributed by atoms with E-state index in [9.17, 15) is 22.4 Å². The molecule has 0 atom stereocenters. The Bertz CT molecular complexity index is 475. The number of carboxylic acid groups (broad SMARTS) is 1. The largest absolute Gasteiger partial charge is 0.573 e. The molecule has 1 N–H and O–H groups in total. The van der Waals surface area contributed by atoms with Gasteiger partial charge in [0, 0.05) is 0 Å². The summed E-state index contributed by atoms with van der Waals surface area (Å²) in [6.45, 7) is -1.36. The smallest absolute Gasteiger partial charge is 0.491 e. The van der Waals surface area contributed by atoms with E-state index in [-0.39, 0.29) is 5.69 Å². The Hall–Kier alpha value is -2.06. The number of hydrogen-bond acceptors (Lipinski definition) is 4. The minimum Gasteiger partial charge on any atom is -0.491 e. The third-order valence-corrected chi connectivity index (χ3v) is 2.07. The number of nitrogens with zero attached hydrogens (tertiary/aromatic N) is 1. The van der Waals surface area contributed by atoms with Crippen LogP contribution in [-0.4, -0.2) is 29.5 Å². The molecule has 19 heavy (non-hydrogen) atoms. The second kappa shape index (κ2) is 5.72. The zero-order valence-corrected chi connectivity index (χ0v) is 9.62. The average Bonchev–Trinajstić information content (AvgIpc) is 2.27. The Morgan fingerprint density at radius 3 is 2.53 bits per heavy atom. The summed E-state index contributed by atoms with van der Waals surface area (Å²) in [5.74, 6) is -2.70. The van der Waals surface area contributed by atoms with Crippen LogP contribution < -0.4 is 9.47 Å². The molecular formula is C10H9F4NO4. The first-order valence-electron chi connectivity index (χ1n) is 4.86. The number of carboxylic acids is 1. The first-order chi connectivity index (χ1) is 8.78. The van der Waals surface area contributed by atoms with Gasteiger partial charge in [-0.25, -0.2) is 4.39 Å². The van der Waals surface area contributed by atoms with Gasteiger partial charge in [0.1, 0.15) is 6.67 Å². The summed E-state index contributed by atoms with van der Waals surface area (Å²) in [4.78, 5) is 14.1. The lowest BCUT2D eigenvalue weighted by Crippen LogP contribution is -2.20. The minimum atomic E-state index is -5.06. The first-order valence-corrected chi connectivity index (χ1v) is 4.86. The zero-order chi connectivity index (χ0) is 14.6. The van der Waals surface area contributed by atoms with Gasteiger partial charge >= 0.3 is 12.3 Å². The SMILES string of the molecule is COc1cnc(CC(=O)O)c(CF)c1OC(F)(F)F. The topological polar surface area (TPSA) is 68.7 Å². The molecule has 0 fully saturated rings. The maximum absolute atomic E-state index is 12.9. The second-order valence-electron chi connectivity index (χ2n) is 3.33. The monoisotopic (exact) mass is 283 g/mol. The molecule has 0 unspecified atom stereocenters. The normalized spacial score (nSPS) is 11.2. The predicted molar refractivity (Wildman–Crippen MR) is 53.6 cm³/mol. The zero-order valence-electron chi connectivity index (χ0n) is 9.62.